The summed E-state index contributed by atoms with van der Waals surface area (Å²) in [5.41, 5.74) is 0. The largest absolute Gasteiger partial charge is 0.481 e. The molecule has 0 bridgehead atoms. The Balaban J connectivity index is 2.32. The van der Waals surface area contributed by atoms with Crippen LogP contribution in [-0.4, -0.2) is 28.8 Å². The van der Waals surface area contributed by atoms with Crippen LogP contribution >= 0.6 is 11.8 Å². The summed E-state index contributed by atoms with van der Waals surface area (Å²) in [5, 5.41) is 11.1. The number of nitrogens with one attached hydrogen (secondary N) is 1. The molecule has 1 amide bonds. The Morgan fingerprint density at radius 1 is 1.39 bits per heavy atom. The molecule has 1 atom stereocenters. The van der Waals surface area contributed by atoms with Crippen LogP contribution in [0.2, 0.25) is 0 Å². The Morgan fingerprint density at radius 2 is 2.00 bits per heavy atom. The lowest BCUT2D eigenvalue weighted by molar-refractivity contribution is -0.137. The van der Waals surface area contributed by atoms with Crippen LogP contribution in [0.15, 0.2) is 29.2 Å². The summed E-state index contributed by atoms with van der Waals surface area (Å²) in [5.74, 6) is -1.33. The number of carboxylic acid groups (broad SMARTS) is 1. The van der Waals surface area contributed by atoms with Gasteiger partial charge >= 0.3 is 5.97 Å². The molecule has 0 aliphatic heterocycles. The molecule has 1 aromatic carbocycles. The topological polar surface area (TPSA) is 66.4 Å². The van der Waals surface area contributed by atoms with E-state index in [1.54, 1.807) is 19.1 Å². The average Bonchev–Trinajstić information content (AvgIpc) is 2.27. The van der Waals surface area contributed by atoms with Crippen LogP contribution in [0, 0.1) is 5.82 Å². The van der Waals surface area contributed by atoms with Crippen molar-refractivity contribution in [2.24, 2.45) is 0 Å². The first-order valence-corrected chi connectivity index (χ1v) is 6.35. The van der Waals surface area contributed by atoms with Crippen LogP contribution in [0.1, 0.15) is 13.3 Å². The Kier molecular flexibility index (Phi) is 5.64. The van der Waals surface area contributed by atoms with Crippen molar-refractivity contribution in [2.75, 3.05) is 5.75 Å². The molecule has 1 unspecified atom stereocenters. The molecular formula is C12H14FNO3S. The highest BCUT2D eigenvalue weighted by Crippen LogP contribution is 2.17. The Hall–Kier alpha value is -1.56. The van der Waals surface area contributed by atoms with E-state index in [0.717, 1.165) is 4.90 Å². The van der Waals surface area contributed by atoms with Gasteiger partial charge in [-0.25, -0.2) is 4.39 Å². The van der Waals surface area contributed by atoms with Gasteiger partial charge in [0.25, 0.3) is 0 Å². The Bertz CT molecular complexity index is 422. The van der Waals surface area contributed by atoms with Crippen molar-refractivity contribution in [1.82, 2.24) is 5.32 Å². The van der Waals surface area contributed by atoms with E-state index in [1.807, 2.05) is 0 Å². The highest BCUT2D eigenvalue weighted by atomic mass is 32.2. The number of rotatable bonds is 6. The van der Waals surface area contributed by atoms with E-state index < -0.39 is 12.0 Å². The van der Waals surface area contributed by atoms with E-state index in [4.69, 9.17) is 5.11 Å². The second kappa shape index (κ2) is 7.00. The number of hydrogen-bond acceptors (Lipinski definition) is 3. The predicted octanol–water partition coefficient (Wildman–Crippen LogP) is 1.90. The third-order valence-corrected chi connectivity index (χ3v) is 3.08. The minimum absolute atomic E-state index is 0.104. The molecule has 0 heterocycles. The number of benzene rings is 1. The standard InChI is InChI=1S/C12H14FNO3S/c1-8(6-12(16)17)14-11(15)7-18-10-4-2-9(13)3-5-10/h2-5,8H,6-7H2,1H3,(H,14,15)(H,16,17). The Morgan fingerprint density at radius 3 is 2.56 bits per heavy atom. The third kappa shape index (κ3) is 5.67. The van der Waals surface area contributed by atoms with E-state index in [0.29, 0.717) is 0 Å². The first-order valence-electron chi connectivity index (χ1n) is 5.37. The Labute approximate surface area is 109 Å². The molecule has 0 aromatic heterocycles. The summed E-state index contributed by atoms with van der Waals surface area (Å²) in [6, 6.07) is 5.44. The molecule has 0 aliphatic rings. The van der Waals surface area contributed by atoms with Gasteiger partial charge in [0.1, 0.15) is 5.82 Å². The van der Waals surface area contributed by atoms with Crippen molar-refractivity contribution in [3.05, 3.63) is 30.1 Å². The molecule has 1 rings (SSSR count). The molecule has 6 heteroatoms. The third-order valence-electron chi connectivity index (χ3n) is 2.07. The molecule has 0 radical (unpaired) electrons. The summed E-state index contributed by atoms with van der Waals surface area (Å²) in [4.78, 5) is 22.7. The van der Waals surface area contributed by atoms with Gasteiger partial charge in [-0.1, -0.05) is 0 Å². The van der Waals surface area contributed by atoms with Gasteiger partial charge in [0.2, 0.25) is 5.91 Å². The summed E-state index contributed by atoms with van der Waals surface area (Å²) in [6.45, 7) is 1.63. The molecule has 1 aromatic rings. The van der Waals surface area contributed by atoms with E-state index in [-0.39, 0.29) is 23.9 Å². The predicted molar refractivity (Wildman–Crippen MR) is 67.0 cm³/mol. The minimum Gasteiger partial charge on any atom is -0.481 e. The molecule has 0 fully saturated rings. The van der Waals surface area contributed by atoms with Gasteiger partial charge < -0.3 is 10.4 Å². The lowest BCUT2D eigenvalue weighted by Gasteiger charge is -2.11. The molecule has 0 spiro atoms. The number of carbonyl (C=O) groups is 2. The first-order chi connectivity index (χ1) is 8.47. The van der Waals surface area contributed by atoms with Crippen LogP contribution in [0.25, 0.3) is 0 Å². The second-order valence-corrected chi connectivity index (χ2v) is 4.86. The van der Waals surface area contributed by atoms with Crippen molar-refractivity contribution in [2.45, 2.75) is 24.3 Å². The number of carboxylic acids is 1. The lowest BCUT2D eigenvalue weighted by Crippen LogP contribution is -2.35. The fourth-order valence-electron chi connectivity index (χ4n) is 1.31. The fraction of sp³-hybridized carbons (Fsp3) is 0.333. The molecule has 0 aliphatic carbocycles. The molecule has 0 saturated carbocycles. The van der Waals surface area contributed by atoms with Crippen LogP contribution in [0.3, 0.4) is 0 Å². The number of amides is 1. The quantitative estimate of drug-likeness (QED) is 0.775. The van der Waals surface area contributed by atoms with E-state index in [9.17, 15) is 14.0 Å². The second-order valence-electron chi connectivity index (χ2n) is 3.81. The molecular weight excluding hydrogens is 257 g/mol. The maximum Gasteiger partial charge on any atom is 0.305 e. The maximum absolute atomic E-state index is 12.6. The highest BCUT2D eigenvalue weighted by Gasteiger charge is 2.11. The maximum atomic E-state index is 12.6. The van der Waals surface area contributed by atoms with E-state index >= 15 is 0 Å². The fourth-order valence-corrected chi connectivity index (χ4v) is 2.02. The molecule has 2 N–H and O–H groups in total. The van der Waals surface area contributed by atoms with Gasteiger partial charge in [0, 0.05) is 10.9 Å². The number of thioether (sulfide) groups is 1. The van der Waals surface area contributed by atoms with Crippen molar-refractivity contribution in [1.29, 1.82) is 0 Å². The van der Waals surface area contributed by atoms with Gasteiger partial charge in [0.05, 0.1) is 12.2 Å². The van der Waals surface area contributed by atoms with Crippen LogP contribution in [0.5, 0.6) is 0 Å². The smallest absolute Gasteiger partial charge is 0.305 e. The minimum atomic E-state index is -0.950. The average molecular weight is 271 g/mol. The zero-order chi connectivity index (χ0) is 13.5. The molecule has 0 saturated heterocycles. The SMILES string of the molecule is CC(CC(=O)O)NC(=O)CSc1ccc(F)cc1. The van der Waals surface area contributed by atoms with Gasteiger partial charge in [-0.15, -0.1) is 11.8 Å². The number of halogens is 1. The van der Waals surface area contributed by atoms with Crippen LogP contribution < -0.4 is 5.32 Å². The lowest BCUT2D eigenvalue weighted by atomic mass is 10.2. The number of carbonyl (C=O) groups excluding carboxylic acids is 1. The summed E-state index contributed by atoms with van der Waals surface area (Å²) in [7, 11) is 0. The molecule has 98 valence electrons. The van der Waals surface area contributed by atoms with Crippen molar-refractivity contribution < 1.29 is 19.1 Å². The normalized spacial score (nSPS) is 11.9. The van der Waals surface area contributed by atoms with E-state index in [2.05, 4.69) is 5.32 Å². The zero-order valence-corrected chi connectivity index (χ0v) is 10.7. The monoisotopic (exact) mass is 271 g/mol. The van der Waals surface area contributed by atoms with Crippen molar-refractivity contribution in [3.63, 3.8) is 0 Å². The summed E-state index contributed by atoms with van der Waals surface area (Å²) in [6.07, 6.45) is -0.104. The van der Waals surface area contributed by atoms with Gasteiger partial charge in [-0.3, -0.25) is 9.59 Å². The number of hydrogen-bond donors (Lipinski definition) is 2. The molecule has 18 heavy (non-hydrogen) atoms. The summed E-state index contributed by atoms with van der Waals surface area (Å²) < 4.78 is 12.6. The first kappa shape index (κ1) is 14.5. The zero-order valence-electron chi connectivity index (χ0n) is 9.85. The van der Waals surface area contributed by atoms with Gasteiger partial charge in [-0.05, 0) is 31.2 Å². The van der Waals surface area contributed by atoms with Gasteiger partial charge in [0.15, 0.2) is 0 Å². The van der Waals surface area contributed by atoms with E-state index in [1.165, 1.54) is 23.9 Å². The van der Waals surface area contributed by atoms with Crippen molar-refractivity contribution in [3.8, 4) is 0 Å². The summed E-state index contributed by atoms with van der Waals surface area (Å²) >= 11 is 1.27. The van der Waals surface area contributed by atoms with Crippen LogP contribution in [0.4, 0.5) is 4.39 Å². The van der Waals surface area contributed by atoms with Crippen LogP contribution in [-0.2, 0) is 9.59 Å². The number of aliphatic carboxylic acids is 1. The highest BCUT2D eigenvalue weighted by molar-refractivity contribution is 8.00. The van der Waals surface area contributed by atoms with Crippen molar-refractivity contribution >= 4 is 23.6 Å². The van der Waals surface area contributed by atoms with Gasteiger partial charge in [-0.2, -0.15) is 0 Å². The molecule has 4 nitrogen and oxygen atoms in total.